The number of rotatable bonds is 14. The molecule has 2 N–H and O–H groups in total. The van der Waals surface area contributed by atoms with E-state index < -0.39 is 7.82 Å². The van der Waals surface area contributed by atoms with Crippen molar-refractivity contribution in [3.05, 3.63) is 0 Å². The second kappa shape index (κ2) is 11.6. The van der Waals surface area contributed by atoms with Crippen molar-refractivity contribution < 1.29 is 18.9 Å². The van der Waals surface area contributed by atoms with Gasteiger partial charge in [-0.2, -0.15) is 0 Å². The average molecular weight is 322 g/mol. The third-order valence-corrected chi connectivity index (χ3v) is 4.94. The van der Waals surface area contributed by atoms with Crippen molar-refractivity contribution in [1.82, 2.24) is 0 Å². The van der Waals surface area contributed by atoms with Crippen LogP contribution in [0.3, 0.4) is 0 Å². The van der Waals surface area contributed by atoms with Crippen LogP contribution in [-0.2, 0) is 9.09 Å². The molecule has 1 unspecified atom stereocenters. The van der Waals surface area contributed by atoms with Crippen LogP contribution in [0.2, 0.25) is 0 Å². The van der Waals surface area contributed by atoms with Crippen molar-refractivity contribution in [3.8, 4) is 0 Å². The van der Waals surface area contributed by atoms with Crippen molar-refractivity contribution in [1.29, 1.82) is 0 Å². The van der Waals surface area contributed by atoms with Gasteiger partial charge in [-0.3, -0.25) is 4.52 Å². The fourth-order valence-electron chi connectivity index (χ4n) is 2.63. The van der Waals surface area contributed by atoms with E-state index in [4.69, 9.17) is 9.79 Å². The first-order chi connectivity index (χ1) is 9.83. The first kappa shape index (κ1) is 21.1. The van der Waals surface area contributed by atoms with Crippen LogP contribution in [-0.4, -0.2) is 16.4 Å². The molecule has 0 spiro atoms. The Labute approximate surface area is 130 Å². The first-order valence-electron chi connectivity index (χ1n) is 8.53. The Morgan fingerprint density at radius 3 is 1.95 bits per heavy atom. The molecule has 128 valence electrons. The molecule has 0 fully saturated rings. The first-order valence-corrected chi connectivity index (χ1v) is 10.1. The highest BCUT2D eigenvalue weighted by Gasteiger charge is 2.20. The molecule has 0 aliphatic carbocycles. The van der Waals surface area contributed by atoms with E-state index in [9.17, 15) is 4.57 Å². The van der Waals surface area contributed by atoms with Gasteiger partial charge in [0.15, 0.2) is 0 Å². The molecule has 0 aliphatic heterocycles. The van der Waals surface area contributed by atoms with Gasteiger partial charge in [-0.15, -0.1) is 0 Å². The molecule has 4 nitrogen and oxygen atoms in total. The van der Waals surface area contributed by atoms with Crippen molar-refractivity contribution in [2.45, 2.75) is 91.4 Å². The van der Waals surface area contributed by atoms with E-state index in [0.717, 1.165) is 19.3 Å². The van der Waals surface area contributed by atoms with E-state index in [-0.39, 0.29) is 6.61 Å². The lowest BCUT2D eigenvalue weighted by atomic mass is 9.78. The minimum Gasteiger partial charge on any atom is -0.303 e. The SMILES string of the molecule is CCCCC(C)(CC)CCCCCCCCOP(=O)(O)O. The zero-order chi connectivity index (χ0) is 16.2. The topological polar surface area (TPSA) is 66.8 Å². The average Bonchev–Trinajstić information content (AvgIpc) is 2.42. The summed E-state index contributed by atoms with van der Waals surface area (Å²) in [5.74, 6) is 0. The Morgan fingerprint density at radius 1 is 0.905 bits per heavy atom. The van der Waals surface area contributed by atoms with Crippen molar-refractivity contribution in [2.75, 3.05) is 6.61 Å². The summed E-state index contributed by atoms with van der Waals surface area (Å²) in [4.78, 5) is 17.1. The van der Waals surface area contributed by atoms with E-state index in [1.165, 1.54) is 51.4 Å². The second-order valence-corrected chi connectivity index (χ2v) is 7.70. The highest BCUT2D eigenvalue weighted by Crippen LogP contribution is 2.36. The van der Waals surface area contributed by atoms with Crippen LogP contribution in [0.4, 0.5) is 0 Å². The zero-order valence-electron chi connectivity index (χ0n) is 14.1. The summed E-state index contributed by atoms with van der Waals surface area (Å²) < 4.78 is 14.9. The van der Waals surface area contributed by atoms with E-state index in [1.807, 2.05) is 0 Å². The molecular weight excluding hydrogens is 287 g/mol. The van der Waals surface area contributed by atoms with Gasteiger partial charge < -0.3 is 9.79 Å². The Balaban J connectivity index is 3.48. The summed E-state index contributed by atoms with van der Waals surface area (Å²) in [5.41, 5.74) is 0.521. The molecule has 0 radical (unpaired) electrons. The van der Waals surface area contributed by atoms with Crippen molar-refractivity contribution in [2.24, 2.45) is 5.41 Å². The maximum absolute atomic E-state index is 10.5. The number of phosphoric acid groups is 1. The van der Waals surface area contributed by atoms with Crippen molar-refractivity contribution in [3.63, 3.8) is 0 Å². The Kier molecular flexibility index (Phi) is 11.7. The second-order valence-electron chi connectivity index (χ2n) is 6.46. The van der Waals surface area contributed by atoms with Gasteiger partial charge in [0.1, 0.15) is 0 Å². The van der Waals surface area contributed by atoms with Crippen LogP contribution in [0.15, 0.2) is 0 Å². The molecule has 0 aromatic carbocycles. The van der Waals surface area contributed by atoms with Gasteiger partial charge in [-0.05, 0) is 24.7 Å². The van der Waals surface area contributed by atoms with Gasteiger partial charge in [0.2, 0.25) is 0 Å². The molecule has 5 heteroatoms. The van der Waals surface area contributed by atoms with Crippen LogP contribution in [0.5, 0.6) is 0 Å². The van der Waals surface area contributed by atoms with E-state index in [2.05, 4.69) is 25.3 Å². The van der Waals surface area contributed by atoms with E-state index >= 15 is 0 Å². The summed E-state index contributed by atoms with van der Waals surface area (Å²) >= 11 is 0. The molecule has 0 aromatic rings. The summed E-state index contributed by atoms with van der Waals surface area (Å²) in [7, 11) is -4.26. The van der Waals surface area contributed by atoms with Crippen LogP contribution in [0, 0.1) is 5.41 Å². The van der Waals surface area contributed by atoms with Crippen molar-refractivity contribution >= 4 is 7.82 Å². The van der Waals surface area contributed by atoms with Gasteiger partial charge in [0, 0.05) is 0 Å². The van der Waals surface area contributed by atoms with Gasteiger partial charge in [-0.25, -0.2) is 4.57 Å². The molecule has 0 bridgehead atoms. The lowest BCUT2D eigenvalue weighted by Crippen LogP contribution is -2.14. The molecule has 0 amide bonds. The number of unbranched alkanes of at least 4 members (excludes halogenated alkanes) is 6. The predicted molar refractivity (Wildman–Crippen MR) is 88.2 cm³/mol. The summed E-state index contributed by atoms with van der Waals surface area (Å²) in [6, 6.07) is 0. The van der Waals surface area contributed by atoms with Crippen LogP contribution < -0.4 is 0 Å². The highest BCUT2D eigenvalue weighted by atomic mass is 31.2. The molecule has 0 aromatic heterocycles. The molecule has 0 heterocycles. The molecule has 21 heavy (non-hydrogen) atoms. The normalized spacial score (nSPS) is 15.1. The van der Waals surface area contributed by atoms with Gasteiger partial charge >= 0.3 is 7.82 Å². The fraction of sp³-hybridized carbons (Fsp3) is 1.00. The van der Waals surface area contributed by atoms with Crippen LogP contribution in [0.25, 0.3) is 0 Å². The van der Waals surface area contributed by atoms with E-state index in [1.54, 1.807) is 0 Å². The largest absolute Gasteiger partial charge is 0.469 e. The third kappa shape index (κ3) is 13.5. The smallest absolute Gasteiger partial charge is 0.303 e. The molecule has 0 saturated carbocycles. The third-order valence-electron chi connectivity index (χ3n) is 4.42. The van der Waals surface area contributed by atoms with E-state index in [0.29, 0.717) is 5.41 Å². The predicted octanol–water partition coefficient (Wildman–Crippen LogP) is 5.43. The Morgan fingerprint density at radius 2 is 1.43 bits per heavy atom. The number of hydrogen-bond acceptors (Lipinski definition) is 2. The zero-order valence-corrected chi connectivity index (χ0v) is 15.0. The van der Waals surface area contributed by atoms with Crippen LogP contribution in [0.1, 0.15) is 91.4 Å². The molecule has 0 saturated heterocycles. The lowest BCUT2D eigenvalue weighted by molar-refractivity contribution is 0.193. The molecule has 1 atom stereocenters. The standard InChI is InChI=1S/C16H35O4P/c1-4-6-13-16(3,5-2)14-11-9-7-8-10-12-15-20-21(17,18)19/h4-15H2,1-3H3,(H2,17,18,19). The Hall–Kier alpha value is 0.110. The molecular formula is C16H35O4P. The summed E-state index contributed by atoms with van der Waals surface area (Å²) in [6.07, 6.45) is 13.2. The summed E-state index contributed by atoms with van der Waals surface area (Å²) in [5, 5.41) is 0. The number of hydrogen-bond donors (Lipinski definition) is 2. The van der Waals surface area contributed by atoms with Gasteiger partial charge in [0.25, 0.3) is 0 Å². The van der Waals surface area contributed by atoms with Crippen LogP contribution >= 0.6 is 7.82 Å². The maximum Gasteiger partial charge on any atom is 0.469 e. The highest BCUT2D eigenvalue weighted by molar-refractivity contribution is 7.46. The minimum atomic E-state index is -4.26. The minimum absolute atomic E-state index is 0.162. The lowest BCUT2D eigenvalue weighted by Gasteiger charge is -2.28. The fourth-order valence-corrected chi connectivity index (χ4v) is 2.99. The monoisotopic (exact) mass is 322 g/mol. The molecule has 0 aliphatic rings. The Bertz CT molecular complexity index is 290. The number of phosphoric ester groups is 1. The van der Waals surface area contributed by atoms with Gasteiger partial charge in [-0.1, -0.05) is 72.1 Å². The quantitative estimate of drug-likeness (QED) is 0.330. The summed E-state index contributed by atoms with van der Waals surface area (Å²) in [6.45, 7) is 7.14. The molecule has 0 rings (SSSR count). The van der Waals surface area contributed by atoms with Gasteiger partial charge in [0.05, 0.1) is 6.61 Å². The maximum atomic E-state index is 10.5.